The Bertz CT molecular complexity index is 184. The molecule has 3 nitrogen and oxygen atoms in total. The molecule has 0 fully saturated rings. The molecule has 1 atom stereocenters. The summed E-state index contributed by atoms with van der Waals surface area (Å²) >= 11 is 6.41. The summed E-state index contributed by atoms with van der Waals surface area (Å²) in [4.78, 5) is 0. The van der Waals surface area contributed by atoms with Gasteiger partial charge in [-0.2, -0.15) is 10.5 Å². The Kier molecular flexibility index (Phi) is 8.09. The maximum atomic E-state index is 8.58. The summed E-state index contributed by atoms with van der Waals surface area (Å²) in [5, 5.41) is 17.4. The normalized spacial score (nSPS) is 13.5. The number of halogens is 2. The summed E-state index contributed by atoms with van der Waals surface area (Å²) in [5.74, 6) is 0. The molecule has 0 aromatic heterocycles. The predicted octanol–water partition coefficient (Wildman–Crippen LogP) is 1.52. The van der Waals surface area contributed by atoms with Crippen LogP contribution in [0, 0.1) is 22.7 Å². The van der Waals surface area contributed by atoms with E-state index in [0.717, 1.165) is 0 Å². The second kappa shape index (κ2) is 6.60. The van der Waals surface area contributed by atoms with Crippen LogP contribution in [0.3, 0.4) is 0 Å². The summed E-state index contributed by atoms with van der Waals surface area (Å²) in [5.41, 5.74) is 0. The highest BCUT2D eigenvalue weighted by Crippen LogP contribution is 2.25. The third-order valence-electron chi connectivity index (χ3n) is 1.05. The summed E-state index contributed by atoms with van der Waals surface area (Å²) in [7, 11) is 0. The van der Waals surface area contributed by atoms with E-state index in [9.17, 15) is 0 Å². The number of rotatable bonds is 3. The molecule has 0 radical (unpaired) electrons. The standard InChI is InChI=1S/C6H6Br2N2.H2O/c7-4-6(8,5-10)2-1-3-9;/h1-2,4H2;1H2. The highest BCUT2D eigenvalue weighted by atomic mass is 79.9. The first kappa shape index (κ1) is 13.5. The Morgan fingerprint density at radius 1 is 1.36 bits per heavy atom. The molecule has 0 amide bonds. The molecule has 1 unspecified atom stereocenters. The minimum atomic E-state index is -0.553. The summed E-state index contributed by atoms with van der Waals surface area (Å²) in [6.07, 6.45) is 0.968. The summed E-state index contributed by atoms with van der Waals surface area (Å²) in [6, 6.07) is 4.07. The van der Waals surface area contributed by atoms with Gasteiger partial charge in [0, 0.05) is 11.8 Å². The van der Waals surface area contributed by atoms with Gasteiger partial charge in [0.15, 0.2) is 0 Å². The molecule has 0 spiro atoms. The molecular weight excluding hydrogens is 276 g/mol. The Morgan fingerprint density at radius 2 is 1.91 bits per heavy atom. The fourth-order valence-corrected chi connectivity index (χ4v) is 1.01. The highest BCUT2D eigenvalue weighted by Gasteiger charge is 2.23. The summed E-state index contributed by atoms with van der Waals surface area (Å²) in [6.45, 7) is 0. The van der Waals surface area contributed by atoms with Gasteiger partial charge in [0.2, 0.25) is 0 Å². The van der Waals surface area contributed by atoms with E-state index in [1.165, 1.54) is 0 Å². The maximum Gasteiger partial charge on any atom is 0.123 e. The Balaban J connectivity index is 0. The van der Waals surface area contributed by atoms with E-state index in [2.05, 4.69) is 37.9 Å². The molecule has 0 aromatic carbocycles. The third-order valence-corrected chi connectivity index (χ3v) is 3.61. The molecule has 0 saturated carbocycles. The van der Waals surface area contributed by atoms with Gasteiger partial charge >= 0.3 is 0 Å². The van der Waals surface area contributed by atoms with Crippen LogP contribution in [0.15, 0.2) is 0 Å². The maximum absolute atomic E-state index is 8.58. The van der Waals surface area contributed by atoms with Crippen molar-refractivity contribution in [3.8, 4) is 12.1 Å². The van der Waals surface area contributed by atoms with Crippen molar-refractivity contribution in [3.63, 3.8) is 0 Å². The molecule has 0 aliphatic heterocycles. The van der Waals surface area contributed by atoms with Gasteiger partial charge in [-0.1, -0.05) is 31.9 Å². The van der Waals surface area contributed by atoms with E-state index in [1.807, 2.05) is 6.07 Å². The van der Waals surface area contributed by atoms with Gasteiger partial charge in [0.1, 0.15) is 4.32 Å². The lowest BCUT2D eigenvalue weighted by Gasteiger charge is -2.12. The van der Waals surface area contributed by atoms with Crippen LogP contribution >= 0.6 is 31.9 Å². The van der Waals surface area contributed by atoms with E-state index >= 15 is 0 Å². The van der Waals surface area contributed by atoms with Crippen LogP contribution < -0.4 is 0 Å². The molecule has 0 rings (SSSR count). The molecule has 0 heterocycles. The minimum absolute atomic E-state index is 0. The zero-order valence-corrected chi connectivity index (χ0v) is 8.94. The molecule has 0 aliphatic rings. The summed E-state index contributed by atoms with van der Waals surface area (Å²) < 4.78 is -0.553. The lowest BCUT2D eigenvalue weighted by molar-refractivity contribution is 0.752. The van der Waals surface area contributed by atoms with Crippen molar-refractivity contribution in [1.82, 2.24) is 0 Å². The van der Waals surface area contributed by atoms with E-state index in [1.54, 1.807) is 0 Å². The fraction of sp³-hybridized carbons (Fsp3) is 0.667. The first-order chi connectivity index (χ1) is 4.68. The van der Waals surface area contributed by atoms with Crippen molar-refractivity contribution < 1.29 is 5.48 Å². The second-order valence-electron chi connectivity index (χ2n) is 1.87. The topological polar surface area (TPSA) is 79.1 Å². The van der Waals surface area contributed by atoms with Crippen LogP contribution in [0.25, 0.3) is 0 Å². The van der Waals surface area contributed by atoms with Gasteiger partial charge in [-0.3, -0.25) is 0 Å². The van der Waals surface area contributed by atoms with Gasteiger partial charge < -0.3 is 5.48 Å². The largest absolute Gasteiger partial charge is 0.412 e. The molecule has 0 aromatic rings. The first-order valence-electron chi connectivity index (χ1n) is 2.71. The molecule has 2 N–H and O–H groups in total. The number of nitriles is 2. The average Bonchev–Trinajstić information content (AvgIpc) is 2.00. The van der Waals surface area contributed by atoms with Gasteiger partial charge in [-0.05, 0) is 6.42 Å². The quantitative estimate of drug-likeness (QED) is 0.736. The molecular formula is C6H8Br2N2O. The predicted molar refractivity (Wildman–Crippen MR) is 49.5 cm³/mol. The number of hydrogen-bond acceptors (Lipinski definition) is 2. The van der Waals surface area contributed by atoms with Gasteiger partial charge in [0.05, 0.1) is 12.1 Å². The third kappa shape index (κ3) is 5.20. The van der Waals surface area contributed by atoms with Crippen LogP contribution in [-0.4, -0.2) is 15.1 Å². The molecule has 0 aliphatic carbocycles. The van der Waals surface area contributed by atoms with Crippen molar-refractivity contribution in [1.29, 1.82) is 10.5 Å². The van der Waals surface area contributed by atoms with Crippen molar-refractivity contribution in [2.24, 2.45) is 0 Å². The lowest BCUT2D eigenvalue weighted by atomic mass is 10.1. The van der Waals surface area contributed by atoms with Crippen molar-refractivity contribution in [2.75, 3.05) is 5.33 Å². The number of hydrogen-bond donors (Lipinski definition) is 0. The Labute approximate surface area is 82.6 Å². The first-order valence-corrected chi connectivity index (χ1v) is 4.63. The van der Waals surface area contributed by atoms with E-state index in [-0.39, 0.29) is 5.48 Å². The van der Waals surface area contributed by atoms with Gasteiger partial charge in [0.25, 0.3) is 0 Å². The number of alkyl halides is 2. The van der Waals surface area contributed by atoms with Crippen LogP contribution in [0.1, 0.15) is 12.8 Å². The molecule has 0 bridgehead atoms. The van der Waals surface area contributed by atoms with Crippen LogP contribution in [-0.2, 0) is 0 Å². The Morgan fingerprint density at radius 3 is 2.18 bits per heavy atom. The van der Waals surface area contributed by atoms with E-state index in [0.29, 0.717) is 18.2 Å². The fourth-order valence-electron chi connectivity index (χ4n) is 0.407. The van der Waals surface area contributed by atoms with Crippen molar-refractivity contribution in [2.45, 2.75) is 17.2 Å². The molecule has 5 heteroatoms. The smallest absolute Gasteiger partial charge is 0.123 e. The number of nitrogens with zero attached hydrogens (tertiary/aromatic N) is 2. The molecule has 0 saturated heterocycles. The minimum Gasteiger partial charge on any atom is -0.412 e. The van der Waals surface area contributed by atoms with Crippen molar-refractivity contribution >= 4 is 31.9 Å². The van der Waals surface area contributed by atoms with Crippen LogP contribution in [0.5, 0.6) is 0 Å². The zero-order chi connectivity index (χ0) is 8.04. The van der Waals surface area contributed by atoms with Crippen LogP contribution in [0.4, 0.5) is 0 Å². The van der Waals surface area contributed by atoms with Crippen LogP contribution in [0.2, 0.25) is 0 Å². The Hall–Kier alpha value is -0.100. The van der Waals surface area contributed by atoms with Crippen molar-refractivity contribution in [3.05, 3.63) is 0 Å². The van der Waals surface area contributed by atoms with E-state index < -0.39 is 4.32 Å². The molecule has 62 valence electrons. The highest BCUT2D eigenvalue weighted by molar-refractivity contribution is 9.12. The van der Waals surface area contributed by atoms with Gasteiger partial charge in [-0.25, -0.2) is 0 Å². The SMILES string of the molecule is N#CCCC(Br)(C#N)CBr.O. The lowest BCUT2D eigenvalue weighted by Crippen LogP contribution is -2.19. The van der Waals surface area contributed by atoms with E-state index in [4.69, 9.17) is 10.5 Å². The molecule has 11 heavy (non-hydrogen) atoms. The zero-order valence-electron chi connectivity index (χ0n) is 5.77. The monoisotopic (exact) mass is 282 g/mol. The second-order valence-corrected chi connectivity index (χ2v) is 3.95. The van der Waals surface area contributed by atoms with Gasteiger partial charge in [-0.15, -0.1) is 0 Å². The average molecular weight is 284 g/mol.